The van der Waals surface area contributed by atoms with Crippen molar-refractivity contribution in [2.75, 3.05) is 44.0 Å². The second-order valence-corrected chi connectivity index (χ2v) is 14.7. The SMILES string of the molecule is CCOC(=O)CCNP(=O)(OCCSC(=O)C(C)(C)CO)OC[C@H]1O[C@@H](n2cnc3c(NC4CC4)nc(C)nc32)C(C)(O)[C@H]1O. The molecule has 5 N–H and O–H groups in total. The summed E-state index contributed by atoms with van der Waals surface area (Å²) < 4.78 is 37.3. The van der Waals surface area contributed by atoms with Crippen LogP contribution in [0.4, 0.5) is 5.82 Å². The smallest absolute Gasteiger partial charge is 0.405 e. The molecular weight excluding hydrogens is 631 g/mol. The van der Waals surface area contributed by atoms with Crippen molar-refractivity contribution >= 4 is 47.6 Å². The van der Waals surface area contributed by atoms with Crippen LogP contribution in [0.1, 0.15) is 59.0 Å². The normalized spacial score (nSPS) is 24.9. The molecule has 2 unspecified atom stereocenters. The summed E-state index contributed by atoms with van der Waals surface area (Å²) in [7, 11) is -4.12. The number of aromatic nitrogens is 4. The zero-order valence-electron chi connectivity index (χ0n) is 26.1. The summed E-state index contributed by atoms with van der Waals surface area (Å²) in [6.07, 6.45) is -0.368. The molecule has 4 rings (SSSR count). The summed E-state index contributed by atoms with van der Waals surface area (Å²) in [6, 6.07) is 0.317. The Bertz CT molecular complexity index is 1400. The first-order valence-electron chi connectivity index (χ1n) is 14.8. The van der Waals surface area contributed by atoms with E-state index in [0.717, 1.165) is 24.6 Å². The highest BCUT2D eigenvalue weighted by atomic mass is 32.2. The van der Waals surface area contributed by atoms with Gasteiger partial charge in [0.1, 0.15) is 23.6 Å². The van der Waals surface area contributed by atoms with Crippen LogP contribution in [0.2, 0.25) is 0 Å². The summed E-state index contributed by atoms with van der Waals surface area (Å²) in [6.45, 7) is 7.14. The van der Waals surface area contributed by atoms with Crippen molar-refractivity contribution in [2.45, 2.75) is 84.0 Å². The van der Waals surface area contributed by atoms with Gasteiger partial charge < -0.3 is 30.1 Å². The number of hydrogen-bond donors (Lipinski definition) is 5. The number of hydrogen-bond acceptors (Lipinski definition) is 15. The van der Waals surface area contributed by atoms with Gasteiger partial charge in [0.25, 0.3) is 0 Å². The van der Waals surface area contributed by atoms with Gasteiger partial charge in [-0.15, -0.1) is 0 Å². The van der Waals surface area contributed by atoms with Crippen LogP contribution in [-0.4, -0.2) is 108 Å². The molecule has 252 valence electrons. The molecule has 1 aliphatic heterocycles. The number of carbonyl (C=O) groups is 2. The molecular formula is C27H43N6O10PS. The van der Waals surface area contributed by atoms with Gasteiger partial charge in [0, 0.05) is 18.3 Å². The number of esters is 1. The number of ether oxygens (including phenoxy) is 2. The summed E-state index contributed by atoms with van der Waals surface area (Å²) >= 11 is 0.912. The Morgan fingerprint density at radius 2 is 2.02 bits per heavy atom. The molecule has 2 aromatic heterocycles. The van der Waals surface area contributed by atoms with Crippen LogP contribution in [0.25, 0.3) is 11.2 Å². The van der Waals surface area contributed by atoms with Crippen molar-refractivity contribution in [1.29, 1.82) is 0 Å². The number of aliphatic hydroxyl groups excluding tert-OH is 2. The first-order chi connectivity index (χ1) is 21.2. The van der Waals surface area contributed by atoms with Crippen molar-refractivity contribution in [2.24, 2.45) is 5.41 Å². The number of aryl methyl sites for hydroxylation is 1. The highest BCUT2D eigenvalue weighted by Crippen LogP contribution is 2.46. The molecule has 0 radical (unpaired) electrons. The lowest BCUT2D eigenvalue weighted by molar-refractivity contribution is -0.142. The van der Waals surface area contributed by atoms with E-state index in [2.05, 4.69) is 25.4 Å². The third-order valence-corrected chi connectivity index (χ3v) is 10.1. The highest BCUT2D eigenvalue weighted by Gasteiger charge is 2.54. The fourth-order valence-electron chi connectivity index (χ4n) is 4.48. The highest BCUT2D eigenvalue weighted by molar-refractivity contribution is 8.13. The van der Waals surface area contributed by atoms with E-state index in [1.54, 1.807) is 27.7 Å². The number of carbonyl (C=O) groups excluding carboxylic acids is 2. The molecule has 3 heterocycles. The summed E-state index contributed by atoms with van der Waals surface area (Å²) in [5.41, 5.74) is -1.89. The Balaban J connectivity index is 1.44. The standard InChI is InChI=1S/C27H43N6O10PS/c1-6-40-19(35)9-10-29-44(39,41-11-12-45-25(37)26(3,4)14-34)42-13-18-21(36)27(5,38)24(43-18)33-15-28-20-22(32-17-7-8-17)30-16(2)31-23(20)33/h15,17-18,21,24,34,36,38H,6-14H2,1-5H3,(H,29,39)(H,30,31,32)/t18-,21+,24-,27?,44?/m1/s1. The second-order valence-electron chi connectivity index (χ2n) is 11.8. The molecule has 16 nitrogen and oxygen atoms in total. The van der Waals surface area contributed by atoms with Crippen LogP contribution in [0.5, 0.6) is 0 Å². The predicted molar refractivity (Wildman–Crippen MR) is 164 cm³/mol. The van der Waals surface area contributed by atoms with Gasteiger partial charge in [-0.05, 0) is 47.5 Å². The number of anilines is 1. The molecule has 45 heavy (non-hydrogen) atoms. The molecule has 0 amide bonds. The van der Waals surface area contributed by atoms with Crippen molar-refractivity contribution in [3.8, 4) is 0 Å². The minimum Gasteiger partial charge on any atom is -0.466 e. The van der Waals surface area contributed by atoms with Gasteiger partial charge in [0.2, 0.25) is 0 Å². The van der Waals surface area contributed by atoms with Crippen molar-refractivity contribution < 1.29 is 48.0 Å². The number of thioether (sulfide) groups is 1. The maximum atomic E-state index is 13.6. The zero-order valence-corrected chi connectivity index (χ0v) is 27.8. The second kappa shape index (κ2) is 14.7. The molecule has 1 saturated heterocycles. The van der Waals surface area contributed by atoms with E-state index in [9.17, 15) is 29.5 Å². The van der Waals surface area contributed by atoms with Crippen LogP contribution in [0, 0.1) is 12.3 Å². The van der Waals surface area contributed by atoms with E-state index in [4.69, 9.17) is 18.5 Å². The van der Waals surface area contributed by atoms with Gasteiger partial charge in [-0.1, -0.05) is 11.8 Å². The number of aliphatic hydroxyl groups is 3. The molecule has 18 heteroatoms. The van der Waals surface area contributed by atoms with Gasteiger partial charge in [0.05, 0.1) is 44.6 Å². The number of rotatable bonds is 17. The maximum Gasteiger partial charge on any atom is 0.405 e. The lowest BCUT2D eigenvalue weighted by Gasteiger charge is -2.27. The van der Waals surface area contributed by atoms with Crippen LogP contribution < -0.4 is 10.4 Å². The topological polar surface area (TPSA) is 216 Å². The van der Waals surface area contributed by atoms with E-state index in [1.165, 1.54) is 17.8 Å². The number of fused-ring (bicyclic) bond motifs is 1. The Morgan fingerprint density at radius 1 is 1.29 bits per heavy atom. The minimum atomic E-state index is -4.12. The minimum absolute atomic E-state index is 0.106. The summed E-state index contributed by atoms with van der Waals surface area (Å²) in [5, 5.41) is 37.5. The van der Waals surface area contributed by atoms with E-state index in [0.29, 0.717) is 28.8 Å². The molecule has 1 aliphatic carbocycles. The summed E-state index contributed by atoms with van der Waals surface area (Å²) in [5.74, 6) is 0.654. The van der Waals surface area contributed by atoms with E-state index in [1.807, 2.05) is 0 Å². The fourth-order valence-corrected chi connectivity index (χ4v) is 6.72. The molecule has 0 bridgehead atoms. The van der Waals surface area contributed by atoms with Crippen molar-refractivity contribution in [3.63, 3.8) is 0 Å². The predicted octanol–water partition coefficient (Wildman–Crippen LogP) is 1.68. The Hall–Kier alpha value is -2.21. The molecule has 2 fully saturated rings. The van der Waals surface area contributed by atoms with Crippen LogP contribution in [-0.2, 0) is 32.7 Å². The summed E-state index contributed by atoms with van der Waals surface area (Å²) in [4.78, 5) is 37.5. The molecule has 2 aliphatic rings. The fraction of sp³-hybridized carbons (Fsp3) is 0.741. The first kappa shape index (κ1) is 35.6. The number of nitrogens with zero attached hydrogens (tertiary/aromatic N) is 4. The average Bonchev–Trinajstić information content (AvgIpc) is 3.65. The largest absolute Gasteiger partial charge is 0.466 e. The lowest BCUT2D eigenvalue weighted by Crippen LogP contribution is -2.44. The molecule has 2 aromatic rings. The average molecular weight is 675 g/mol. The van der Waals surface area contributed by atoms with Gasteiger partial charge in [0.15, 0.2) is 28.3 Å². The lowest BCUT2D eigenvalue weighted by atomic mass is 9.96. The third-order valence-electron chi connectivity index (χ3n) is 7.33. The number of nitrogens with one attached hydrogen (secondary N) is 2. The Labute approximate surface area is 265 Å². The molecule has 1 saturated carbocycles. The van der Waals surface area contributed by atoms with Crippen LogP contribution >= 0.6 is 19.5 Å². The molecule has 0 spiro atoms. The van der Waals surface area contributed by atoms with E-state index in [-0.39, 0.29) is 43.7 Å². The van der Waals surface area contributed by atoms with Crippen molar-refractivity contribution in [3.05, 3.63) is 12.2 Å². The monoisotopic (exact) mass is 674 g/mol. The first-order valence-corrected chi connectivity index (χ1v) is 17.3. The van der Waals surface area contributed by atoms with Gasteiger partial charge in [-0.25, -0.2) is 24.6 Å². The van der Waals surface area contributed by atoms with Crippen molar-refractivity contribution in [1.82, 2.24) is 24.6 Å². The molecule has 5 atom stereocenters. The zero-order chi connectivity index (χ0) is 33.0. The van der Waals surface area contributed by atoms with Gasteiger partial charge in [-0.3, -0.25) is 23.2 Å². The number of imidazole rings is 1. The van der Waals surface area contributed by atoms with Gasteiger partial charge in [-0.2, -0.15) is 0 Å². The maximum absolute atomic E-state index is 13.6. The van der Waals surface area contributed by atoms with E-state index < -0.39 is 49.8 Å². The Morgan fingerprint density at radius 3 is 2.69 bits per heavy atom. The van der Waals surface area contributed by atoms with Crippen LogP contribution in [0.15, 0.2) is 6.33 Å². The Kier molecular flexibility index (Phi) is 11.6. The molecule has 0 aromatic carbocycles. The third kappa shape index (κ3) is 8.78. The van der Waals surface area contributed by atoms with Gasteiger partial charge >= 0.3 is 13.7 Å². The van der Waals surface area contributed by atoms with E-state index >= 15 is 0 Å². The quantitative estimate of drug-likeness (QED) is 0.0916. The van der Waals surface area contributed by atoms with Crippen LogP contribution in [0.3, 0.4) is 0 Å².